The maximum atomic E-state index is 13.2. The summed E-state index contributed by atoms with van der Waals surface area (Å²) < 4.78 is 13.2. The number of benzene rings is 1. The van der Waals surface area contributed by atoms with Crippen molar-refractivity contribution >= 4 is 5.91 Å². The third kappa shape index (κ3) is 3.48. The Bertz CT molecular complexity index is 471. The number of aromatic hydroxyl groups is 1. The lowest BCUT2D eigenvalue weighted by atomic mass is 10.0. The molecule has 1 aliphatic rings. The predicted octanol–water partition coefficient (Wildman–Crippen LogP) is 2.14. The SMILES string of the molecule is CCCNC1CCN(C(=O)c2cc(F)ccc2O)CC1. The number of likely N-dealkylation sites (tertiary alicyclic amines) is 1. The monoisotopic (exact) mass is 280 g/mol. The summed E-state index contributed by atoms with van der Waals surface area (Å²) in [5.74, 6) is -0.968. The van der Waals surface area contributed by atoms with Crippen molar-refractivity contribution in [3.8, 4) is 5.75 Å². The van der Waals surface area contributed by atoms with Crippen molar-refractivity contribution in [1.29, 1.82) is 0 Å². The van der Waals surface area contributed by atoms with Gasteiger partial charge in [-0.3, -0.25) is 4.79 Å². The van der Waals surface area contributed by atoms with E-state index >= 15 is 0 Å². The van der Waals surface area contributed by atoms with E-state index in [-0.39, 0.29) is 17.2 Å². The molecule has 0 aliphatic carbocycles. The average Bonchev–Trinajstić information content (AvgIpc) is 2.47. The molecule has 0 unspecified atom stereocenters. The van der Waals surface area contributed by atoms with Crippen molar-refractivity contribution in [2.75, 3.05) is 19.6 Å². The second-order valence-electron chi connectivity index (χ2n) is 5.18. The number of hydrogen-bond donors (Lipinski definition) is 2. The predicted molar refractivity (Wildman–Crippen MR) is 75.3 cm³/mol. The van der Waals surface area contributed by atoms with Gasteiger partial charge in [-0.1, -0.05) is 6.92 Å². The number of phenolic OH excluding ortho intramolecular Hbond substituents is 1. The summed E-state index contributed by atoms with van der Waals surface area (Å²) in [5.41, 5.74) is 0.0463. The lowest BCUT2D eigenvalue weighted by Crippen LogP contribution is -2.45. The van der Waals surface area contributed by atoms with E-state index < -0.39 is 5.82 Å². The molecular weight excluding hydrogens is 259 g/mol. The van der Waals surface area contributed by atoms with Gasteiger partial charge >= 0.3 is 0 Å². The molecule has 1 saturated heterocycles. The molecule has 1 aromatic carbocycles. The fourth-order valence-electron chi connectivity index (χ4n) is 2.49. The number of nitrogens with one attached hydrogen (secondary N) is 1. The minimum absolute atomic E-state index is 0.0463. The van der Waals surface area contributed by atoms with Gasteiger partial charge in [0.1, 0.15) is 11.6 Å². The van der Waals surface area contributed by atoms with Crippen molar-refractivity contribution in [3.63, 3.8) is 0 Å². The van der Waals surface area contributed by atoms with Crippen molar-refractivity contribution in [1.82, 2.24) is 10.2 Å². The molecule has 1 aliphatic heterocycles. The summed E-state index contributed by atoms with van der Waals surface area (Å²) in [4.78, 5) is 14.0. The molecule has 0 atom stereocenters. The highest BCUT2D eigenvalue weighted by Crippen LogP contribution is 2.22. The number of rotatable bonds is 4. The zero-order valence-corrected chi connectivity index (χ0v) is 11.7. The van der Waals surface area contributed by atoms with Gasteiger partial charge < -0.3 is 15.3 Å². The second-order valence-corrected chi connectivity index (χ2v) is 5.18. The van der Waals surface area contributed by atoms with E-state index in [0.717, 1.165) is 37.9 Å². The highest BCUT2D eigenvalue weighted by Gasteiger charge is 2.25. The van der Waals surface area contributed by atoms with Crippen LogP contribution < -0.4 is 5.32 Å². The van der Waals surface area contributed by atoms with Gasteiger partial charge in [0.2, 0.25) is 0 Å². The van der Waals surface area contributed by atoms with Gasteiger partial charge in [0.05, 0.1) is 5.56 Å². The molecule has 20 heavy (non-hydrogen) atoms. The van der Waals surface area contributed by atoms with Gasteiger partial charge in [-0.2, -0.15) is 0 Å². The van der Waals surface area contributed by atoms with Crippen molar-refractivity contribution < 1.29 is 14.3 Å². The van der Waals surface area contributed by atoms with Crippen LogP contribution in [0, 0.1) is 5.82 Å². The molecular formula is C15H21FN2O2. The van der Waals surface area contributed by atoms with Crippen molar-refractivity contribution in [2.24, 2.45) is 0 Å². The smallest absolute Gasteiger partial charge is 0.257 e. The van der Waals surface area contributed by atoms with Crippen molar-refractivity contribution in [3.05, 3.63) is 29.6 Å². The van der Waals surface area contributed by atoms with E-state index in [9.17, 15) is 14.3 Å². The third-order valence-electron chi connectivity index (χ3n) is 3.65. The number of hydrogen-bond acceptors (Lipinski definition) is 3. The van der Waals surface area contributed by atoms with Gasteiger partial charge in [0.15, 0.2) is 0 Å². The summed E-state index contributed by atoms with van der Waals surface area (Å²) in [6, 6.07) is 3.91. The number of phenols is 1. The highest BCUT2D eigenvalue weighted by molar-refractivity contribution is 5.96. The molecule has 1 heterocycles. The number of piperidine rings is 1. The average molecular weight is 280 g/mol. The summed E-state index contributed by atoms with van der Waals surface area (Å²) in [6.07, 6.45) is 2.87. The molecule has 110 valence electrons. The van der Waals surface area contributed by atoms with Crippen LogP contribution in [0.4, 0.5) is 4.39 Å². The molecule has 0 bridgehead atoms. The van der Waals surface area contributed by atoms with Gasteiger partial charge in [0, 0.05) is 19.1 Å². The lowest BCUT2D eigenvalue weighted by molar-refractivity contribution is 0.0702. The van der Waals surface area contributed by atoms with E-state index in [0.29, 0.717) is 19.1 Å². The zero-order chi connectivity index (χ0) is 14.5. The van der Waals surface area contributed by atoms with E-state index in [1.807, 2.05) is 0 Å². The maximum absolute atomic E-state index is 13.2. The fraction of sp³-hybridized carbons (Fsp3) is 0.533. The molecule has 5 heteroatoms. The Morgan fingerprint density at radius 2 is 2.15 bits per heavy atom. The van der Waals surface area contributed by atoms with Gasteiger partial charge in [-0.05, 0) is 44.0 Å². The third-order valence-corrected chi connectivity index (χ3v) is 3.65. The normalized spacial score (nSPS) is 16.4. The van der Waals surface area contributed by atoms with Gasteiger partial charge in [0.25, 0.3) is 5.91 Å². The lowest BCUT2D eigenvalue weighted by Gasteiger charge is -2.32. The molecule has 0 aromatic heterocycles. The largest absolute Gasteiger partial charge is 0.507 e. The molecule has 2 rings (SSSR count). The molecule has 4 nitrogen and oxygen atoms in total. The topological polar surface area (TPSA) is 52.6 Å². The molecule has 2 N–H and O–H groups in total. The number of nitrogens with zero attached hydrogens (tertiary/aromatic N) is 1. The van der Waals surface area contributed by atoms with Gasteiger partial charge in [-0.25, -0.2) is 4.39 Å². The Balaban J connectivity index is 1.96. The Morgan fingerprint density at radius 1 is 1.45 bits per heavy atom. The Morgan fingerprint density at radius 3 is 2.80 bits per heavy atom. The first-order valence-corrected chi connectivity index (χ1v) is 7.13. The number of halogens is 1. The van der Waals surface area contributed by atoms with E-state index in [1.54, 1.807) is 4.90 Å². The quantitative estimate of drug-likeness (QED) is 0.888. The number of carbonyl (C=O) groups is 1. The Kier molecular flexibility index (Phi) is 4.95. The van der Waals surface area contributed by atoms with Crippen LogP contribution in [-0.2, 0) is 0 Å². The molecule has 1 amide bonds. The summed E-state index contributed by atoms with van der Waals surface area (Å²) in [7, 11) is 0. The van der Waals surface area contributed by atoms with Crippen molar-refractivity contribution in [2.45, 2.75) is 32.2 Å². The van der Waals surface area contributed by atoms with Crippen LogP contribution in [0.5, 0.6) is 5.75 Å². The Hall–Kier alpha value is -1.62. The first-order valence-electron chi connectivity index (χ1n) is 7.13. The molecule has 0 radical (unpaired) electrons. The van der Waals surface area contributed by atoms with E-state index in [2.05, 4.69) is 12.2 Å². The van der Waals surface area contributed by atoms with E-state index in [4.69, 9.17) is 0 Å². The number of carbonyl (C=O) groups excluding carboxylic acids is 1. The number of amides is 1. The van der Waals surface area contributed by atoms with Crippen LogP contribution in [-0.4, -0.2) is 41.6 Å². The molecule has 1 aromatic rings. The minimum Gasteiger partial charge on any atom is -0.507 e. The van der Waals surface area contributed by atoms with Crippen LogP contribution in [0.15, 0.2) is 18.2 Å². The summed E-state index contributed by atoms with van der Waals surface area (Å²) >= 11 is 0. The van der Waals surface area contributed by atoms with E-state index in [1.165, 1.54) is 6.07 Å². The molecule has 0 saturated carbocycles. The van der Waals surface area contributed by atoms with Gasteiger partial charge in [-0.15, -0.1) is 0 Å². The standard InChI is InChI=1S/C15H21FN2O2/c1-2-7-17-12-5-8-18(9-6-12)15(20)13-10-11(16)3-4-14(13)19/h3-4,10,12,17,19H,2,5-9H2,1H3. The molecule has 0 spiro atoms. The first kappa shape index (κ1) is 14.8. The first-order chi connectivity index (χ1) is 9.61. The molecule has 1 fully saturated rings. The second kappa shape index (κ2) is 6.70. The zero-order valence-electron chi connectivity index (χ0n) is 11.7. The summed E-state index contributed by atoms with van der Waals surface area (Å²) in [6.45, 7) is 4.38. The van der Waals surface area contributed by atoms with Crippen LogP contribution >= 0.6 is 0 Å². The minimum atomic E-state index is -0.509. The maximum Gasteiger partial charge on any atom is 0.257 e. The summed E-state index contributed by atoms with van der Waals surface area (Å²) in [5, 5.41) is 13.1. The van der Waals surface area contributed by atoms with Crippen LogP contribution in [0.25, 0.3) is 0 Å². The van der Waals surface area contributed by atoms with Crippen LogP contribution in [0.2, 0.25) is 0 Å². The van der Waals surface area contributed by atoms with Crippen LogP contribution in [0.1, 0.15) is 36.5 Å². The van der Waals surface area contributed by atoms with Crippen LogP contribution in [0.3, 0.4) is 0 Å². The Labute approximate surface area is 118 Å². The highest BCUT2D eigenvalue weighted by atomic mass is 19.1. The fourth-order valence-corrected chi connectivity index (χ4v) is 2.49.